The number of anilines is 2. The normalized spacial score (nSPS) is 11.6. The van der Waals surface area contributed by atoms with E-state index in [1.165, 1.54) is 30.6 Å². The van der Waals surface area contributed by atoms with Crippen molar-refractivity contribution in [2.24, 2.45) is 0 Å². The highest BCUT2D eigenvalue weighted by molar-refractivity contribution is 5.95. The van der Waals surface area contributed by atoms with E-state index >= 15 is 0 Å². The number of benzene rings is 2. The fourth-order valence-corrected chi connectivity index (χ4v) is 3.93. The number of halogens is 3. The minimum Gasteiger partial charge on any atom is -0.444 e. The van der Waals surface area contributed by atoms with E-state index in [-0.39, 0.29) is 11.7 Å². The molecule has 3 rings (SSSR count). The number of alkyl halides is 3. The molecule has 1 heterocycles. The van der Waals surface area contributed by atoms with Gasteiger partial charge in [0.15, 0.2) is 0 Å². The van der Waals surface area contributed by atoms with Crippen molar-refractivity contribution in [3.8, 4) is 17.0 Å². The van der Waals surface area contributed by atoms with Gasteiger partial charge in [0.25, 0.3) is 5.91 Å². The van der Waals surface area contributed by atoms with Crippen molar-refractivity contribution >= 4 is 23.5 Å². The maximum absolute atomic E-state index is 12.7. The SMILES string of the molecule is CC(C)(C)OC(=O)NCCOCCOCCOCCOCCNC(=O)c1cccc(-c2cc(Nc3ccc(OC(F)(F)F)cc3)ncn2)c1. The molecule has 0 atom stereocenters. The molecule has 0 saturated heterocycles. The van der Waals surface area contributed by atoms with Crippen LogP contribution in [0.15, 0.2) is 60.9 Å². The van der Waals surface area contributed by atoms with Crippen LogP contribution in [0, 0.1) is 0 Å². The zero-order valence-corrected chi connectivity index (χ0v) is 27.6. The molecule has 3 aromatic rings. The highest BCUT2D eigenvalue weighted by atomic mass is 19.4. The fraction of sp³-hybridized carbons (Fsp3) is 0.455. The molecule has 2 aromatic carbocycles. The Morgan fingerprint density at radius 3 is 1.92 bits per heavy atom. The lowest BCUT2D eigenvalue weighted by Crippen LogP contribution is -2.34. The molecule has 3 N–H and O–H groups in total. The number of amides is 2. The molecule has 268 valence electrons. The minimum atomic E-state index is -4.77. The van der Waals surface area contributed by atoms with Crippen LogP contribution in [-0.4, -0.2) is 99.9 Å². The first kappa shape index (κ1) is 38.9. The van der Waals surface area contributed by atoms with E-state index < -0.39 is 18.1 Å². The lowest BCUT2D eigenvalue weighted by molar-refractivity contribution is -0.274. The maximum Gasteiger partial charge on any atom is 0.573 e. The average molecular weight is 694 g/mol. The van der Waals surface area contributed by atoms with Gasteiger partial charge in [-0.05, 0) is 57.2 Å². The van der Waals surface area contributed by atoms with Crippen molar-refractivity contribution in [3.05, 3.63) is 66.5 Å². The number of aromatic nitrogens is 2. The number of carbonyl (C=O) groups is 2. The van der Waals surface area contributed by atoms with Gasteiger partial charge in [-0.2, -0.15) is 0 Å². The number of hydrogen-bond donors (Lipinski definition) is 3. The van der Waals surface area contributed by atoms with Crippen LogP contribution in [0.4, 0.5) is 29.5 Å². The summed E-state index contributed by atoms with van der Waals surface area (Å²) in [5, 5.41) is 8.42. The van der Waals surface area contributed by atoms with E-state index in [2.05, 4.69) is 30.7 Å². The molecule has 13 nitrogen and oxygen atoms in total. The van der Waals surface area contributed by atoms with Crippen molar-refractivity contribution in [1.29, 1.82) is 0 Å². The molecule has 0 aliphatic heterocycles. The minimum absolute atomic E-state index is 0.282. The summed E-state index contributed by atoms with van der Waals surface area (Å²) in [6, 6.07) is 13.8. The number of ether oxygens (including phenoxy) is 6. The molecule has 0 unspecified atom stereocenters. The van der Waals surface area contributed by atoms with E-state index in [4.69, 9.17) is 23.7 Å². The monoisotopic (exact) mass is 693 g/mol. The van der Waals surface area contributed by atoms with Gasteiger partial charge in [0, 0.05) is 36.0 Å². The van der Waals surface area contributed by atoms with Crippen LogP contribution >= 0.6 is 0 Å². The highest BCUT2D eigenvalue weighted by Crippen LogP contribution is 2.26. The molecule has 0 fully saturated rings. The summed E-state index contributed by atoms with van der Waals surface area (Å²) in [6.45, 7) is 9.00. The molecule has 16 heteroatoms. The summed E-state index contributed by atoms with van der Waals surface area (Å²) in [7, 11) is 0. The lowest BCUT2D eigenvalue weighted by Gasteiger charge is -2.19. The van der Waals surface area contributed by atoms with Crippen LogP contribution in [0.2, 0.25) is 0 Å². The Hall–Kier alpha value is -4.51. The Morgan fingerprint density at radius 2 is 1.33 bits per heavy atom. The lowest BCUT2D eigenvalue weighted by atomic mass is 10.1. The van der Waals surface area contributed by atoms with Gasteiger partial charge in [-0.1, -0.05) is 12.1 Å². The Bertz CT molecular complexity index is 1440. The molecule has 0 saturated carbocycles. The van der Waals surface area contributed by atoms with Gasteiger partial charge in [-0.25, -0.2) is 14.8 Å². The third-order valence-corrected chi connectivity index (χ3v) is 6.01. The van der Waals surface area contributed by atoms with Crippen LogP contribution in [0.1, 0.15) is 31.1 Å². The van der Waals surface area contributed by atoms with Gasteiger partial charge in [-0.3, -0.25) is 4.79 Å². The Labute approximate surface area is 282 Å². The summed E-state index contributed by atoms with van der Waals surface area (Å²) >= 11 is 0. The molecule has 0 aliphatic carbocycles. The van der Waals surface area contributed by atoms with Gasteiger partial charge in [-0.15, -0.1) is 13.2 Å². The summed E-state index contributed by atoms with van der Waals surface area (Å²) in [4.78, 5) is 32.6. The molecule has 0 bridgehead atoms. The number of alkyl carbamates (subject to hydrolysis) is 1. The third kappa shape index (κ3) is 16.9. The molecular weight excluding hydrogens is 651 g/mol. The predicted molar refractivity (Wildman–Crippen MR) is 174 cm³/mol. The molecule has 0 spiro atoms. The molecule has 0 aliphatic rings. The summed E-state index contributed by atoms with van der Waals surface area (Å²) in [6.07, 6.45) is -3.91. The van der Waals surface area contributed by atoms with E-state index in [1.807, 2.05) is 0 Å². The quantitative estimate of drug-likeness (QED) is 0.136. The summed E-state index contributed by atoms with van der Waals surface area (Å²) in [5.74, 6) is -0.208. The van der Waals surface area contributed by atoms with Gasteiger partial charge < -0.3 is 44.4 Å². The maximum atomic E-state index is 12.7. The topological polar surface area (TPSA) is 151 Å². The third-order valence-electron chi connectivity index (χ3n) is 6.01. The first-order valence-corrected chi connectivity index (χ1v) is 15.5. The fourth-order valence-electron chi connectivity index (χ4n) is 3.93. The largest absolute Gasteiger partial charge is 0.573 e. The Balaban J connectivity index is 1.24. The highest BCUT2D eigenvalue weighted by Gasteiger charge is 2.31. The standard InChI is InChI=1S/C33H42F3N5O8/c1-32(2,3)49-31(43)38-12-14-45-16-18-47-20-19-46-17-15-44-13-11-37-30(42)25-6-4-5-24(21-25)28-22-29(40-23-39-28)41-26-7-9-27(10-8-26)48-33(34,35)36/h4-10,21-23H,11-20H2,1-3H3,(H,37,42)(H,38,43)(H,39,40,41). The molecule has 0 radical (unpaired) electrons. The second kappa shape index (κ2) is 20.1. The van der Waals surface area contributed by atoms with Crippen LogP contribution < -0.4 is 20.7 Å². The van der Waals surface area contributed by atoms with E-state index in [0.717, 1.165) is 0 Å². The Morgan fingerprint density at radius 1 is 0.735 bits per heavy atom. The number of rotatable bonds is 20. The van der Waals surface area contributed by atoms with Gasteiger partial charge >= 0.3 is 12.5 Å². The number of nitrogens with zero attached hydrogens (tertiary/aromatic N) is 2. The van der Waals surface area contributed by atoms with Crippen LogP contribution in [0.3, 0.4) is 0 Å². The first-order chi connectivity index (χ1) is 23.4. The van der Waals surface area contributed by atoms with Gasteiger partial charge in [0.2, 0.25) is 0 Å². The van der Waals surface area contributed by atoms with Crippen molar-refractivity contribution in [3.63, 3.8) is 0 Å². The summed E-state index contributed by atoms with van der Waals surface area (Å²) < 4.78 is 68.0. The zero-order chi connectivity index (χ0) is 35.5. The first-order valence-electron chi connectivity index (χ1n) is 15.5. The molecule has 49 heavy (non-hydrogen) atoms. The van der Waals surface area contributed by atoms with Gasteiger partial charge in [0.1, 0.15) is 23.5 Å². The molecule has 2 amide bonds. The second-order valence-electron chi connectivity index (χ2n) is 11.2. The Kier molecular flexibility index (Phi) is 16.0. The predicted octanol–water partition coefficient (Wildman–Crippen LogP) is 5.11. The summed E-state index contributed by atoms with van der Waals surface area (Å²) in [5.41, 5.74) is 1.59. The van der Waals surface area contributed by atoms with Crippen molar-refractivity contribution in [1.82, 2.24) is 20.6 Å². The van der Waals surface area contributed by atoms with Crippen LogP contribution in [-0.2, 0) is 23.7 Å². The number of nitrogens with one attached hydrogen (secondary N) is 3. The van der Waals surface area contributed by atoms with Crippen molar-refractivity contribution in [2.75, 3.05) is 71.3 Å². The van der Waals surface area contributed by atoms with Gasteiger partial charge in [0.05, 0.1) is 58.5 Å². The van der Waals surface area contributed by atoms with Crippen molar-refractivity contribution in [2.45, 2.75) is 32.7 Å². The van der Waals surface area contributed by atoms with E-state index in [0.29, 0.717) is 94.3 Å². The number of carbonyl (C=O) groups excluding carboxylic acids is 2. The smallest absolute Gasteiger partial charge is 0.444 e. The number of hydrogen-bond acceptors (Lipinski definition) is 11. The molecular formula is C33H42F3N5O8. The van der Waals surface area contributed by atoms with E-state index in [1.54, 1.807) is 51.1 Å². The zero-order valence-electron chi connectivity index (χ0n) is 27.6. The van der Waals surface area contributed by atoms with E-state index in [9.17, 15) is 22.8 Å². The second-order valence-corrected chi connectivity index (χ2v) is 11.2. The van der Waals surface area contributed by atoms with Crippen molar-refractivity contribution < 1.29 is 51.2 Å². The van der Waals surface area contributed by atoms with Crippen LogP contribution in [0.25, 0.3) is 11.3 Å². The molecule has 1 aromatic heterocycles. The average Bonchev–Trinajstić information content (AvgIpc) is 3.04. The van der Waals surface area contributed by atoms with Crippen LogP contribution in [0.5, 0.6) is 5.75 Å².